The lowest BCUT2D eigenvalue weighted by atomic mass is 9.87. The van der Waals surface area contributed by atoms with E-state index >= 15 is 0 Å². The van der Waals surface area contributed by atoms with Gasteiger partial charge in [-0.2, -0.15) is 167 Å². The highest BCUT2D eigenvalue weighted by Gasteiger charge is 2.98. The Labute approximate surface area is 320 Å². The molecule has 0 heterocycles. The zero-order valence-electron chi connectivity index (χ0n) is 28.3. The van der Waals surface area contributed by atoms with Crippen LogP contribution in [0.25, 0.3) is 0 Å². The van der Waals surface area contributed by atoms with Crippen LogP contribution < -0.4 is 5.40 Å². The normalized spacial score (nSPS) is 17.1. The highest BCUT2D eigenvalue weighted by atomic mass is 28.3. The molecule has 0 aliphatic carbocycles. The molecule has 0 aromatic rings. The lowest BCUT2D eigenvalue weighted by molar-refractivity contribution is -0.468. The van der Waals surface area contributed by atoms with Crippen LogP contribution in [0, 0.1) is 0 Å². The fraction of sp³-hybridized carbons (Fsp3) is 1.00. The molecule has 0 atom stereocenters. The van der Waals surface area contributed by atoms with E-state index in [0.717, 1.165) is 0 Å². The minimum atomic E-state index is -9.41. The topological polar surface area (TPSA) is 26.0 Å². The van der Waals surface area contributed by atoms with Crippen molar-refractivity contribution in [3.8, 4) is 0 Å². The molecule has 40 heteroatoms. The molecule has 0 unspecified atom stereocenters. The van der Waals surface area contributed by atoms with Crippen molar-refractivity contribution < 1.29 is 167 Å². The average molecular weight is 1050 g/mol. The monoisotopic (exact) mass is 1050 g/mol. The molecule has 0 aliphatic heterocycles. The van der Waals surface area contributed by atoms with Gasteiger partial charge in [-0.15, -0.1) is 0 Å². The Morgan fingerprint density at radius 2 is 0.365 bits per heavy atom. The molecule has 0 fully saturated rings. The standard InChI is InChI=1S/C23H13F38NSi/c1-63(62,4-2-6(24,25)8(28,29)10(32,33)12(36,37)14(40,41)16(44,45)18(48,49)20(52,53)22(56,57)58)5-3-7(26,27)9(30,31)11(34,35)13(38,39)15(42,43)17(46,47)19(50,51)21(54,55)23(59,60)61/h2-5,62H2,1H3. The molecule has 0 aromatic heterocycles. The van der Waals surface area contributed by atoms with Crippen LogP contribution in [0.1, 0.15) is 12.8 Å². The second kappa shape index (κ2) is 15.3. The maximum atomic E-state index is 14.2. The molecule has 0 aromatic carbocycles. The van der Waals surface area contributed by atoms with Gasteiger partial charge in [-0.25, -0.2) is 0 Å². The second-order valence-corrected chi connectivity index (χ2v) is 17.4. The van der Waals surface area contributed by atoms with Gasteiger partial charge in [0.1, 0.15) is 8.24 Å². The predicted octanol–water partition coefficient (Wildman–Crippen LogP) is 13.6. The summed E-state index contributed by atoms with van der Waals surface area (Å²) in [6, 6.07) is -5.42. The Morgan fingerprint density at radius 1 is 0.238 bits per heavy atom. The zero-order valence-corrected chi connectivity index (χ0v) is 29.3. The SMILES string of the molecule is C[Si](N)(CCC(F)(F)C(F)(F)C(F)(F)C(F)(F)C(F)(F)C(F)(F)C(F)(F)C(F)(F)C(F)(F)F)CCC(F)(F)C(F)(F)C(F)(F)C(F)(F)C(F)(F)C(F)(F)C(F)(F)C(F)(F)C(F)(F)F. The first-order chi connectivity index (χ1) is 26.4. The molecule has 0 aliphatic rings. The number of nitrogens with two attached hydrogens (primary N) is 1. The molecule has 0 amide bonds. The van der Waals surface area contributed by atoms with Crippen LogP contribution >= 0.6 is 0 Å². The van der Waals surface area contributed by atoms with Crippen LogP contribution in [-0.4, -0.2) is 115 Å². The Bertz CT molecular complexity index is 1490. The second-order valence-electron chi connectivity index (χ2n) is 13.1. The van der Waals surface area contributed by atoms with Gasteiger partial charge in [0.2, 0.25) is 0 Å². The summed E-state index contributed by atoms with van der Waals surface area (Å²) in [7, 11) is -5.66. The molecule has 63 heavy (non-hydrogen) atoms. The van der Waals surface area contributed by atoms with Gasteiger partial charge in [0.15, 0.2) is 0 Å². The first-order valence-corrected chi connectivity index (χ1v) is 17.4. The first kappa shape index (κ1) is 60.5. The van der Waals surface area contributed by atoms with Crippen LogP contribution in [0.5, 0.6) is 0 Å². The molecule has 0 rings (SSSR count). The van der Waals surface area contributed by atoms with Crippen LogP contribution in [0.2, 0.25) is 18.6 Å². The third-order valence-corrected chi connectivity index (χ3v) is 11.2. The van der Waals surface area contributed by atoms with E-state index in [0.29, 0.717) is 0 Å². The number of rotatable bonds is 20. The van der Waals surface area contributed by atoms with Gasteiger partial charge in [-0.05, 0) is 12.1 Å². The number of hydrogen-bond acceptors (Lipinski definition) is 1. The Morgan fingerprint density at radius 3 is 0.508 bits per heavy atom. The molecular weight excluding hydrogens is 1040 g/mol. The van der Waals surface area contributed by atoms with E-state index in [-0.39, 0.29) is 6.55 Å². The Kier molecular flexibility index (Phi) is 14.7. The van der Waals surface area contributed by atoms with E-state index in [2.05, 4.69) is 0 Å². The molecule has 0 saturated heterocycles. The molecular formula is C23H13F38NSi. The van der Waals surface area contributed by atoms with Gasteiger partial charge >= 0.3 is 107 Å². The summed E-state index contributed by atoms with van der Waals surface area (Å²) in [4.78, 5) is 0. The number of alkyl halides is 38. The summed E-state index contributed by atoms with van der Waals surface area (Å²) in [6.07, 6.45) is -23.8. The maximum Gasteiger partial charge on any atom is 0.460 e. The van der Waals surface area contributed by atoms with E-state index < -0.39 is 140 Å². The summed E-state index contributed by atoms with van der Waals surface area (Å²) in [5, 5.41) is 4.89. The summed E-state index contributed by atoms with van der Waals surface area (Å²) in [5.74, 6) is -142. The fourth-order valence-corrected chi connectivity index (χ4v) is 6.13. The molecule has 0 saturated carbocycles. The highest BCUT2D eigenvalue weighted by Crippen LogP contribution is 2.68. The van der Waals surface area contributed by atoms with E-state index in [9.17, 15) is 167 Å². The van der Waals surface area contributed by atoms with Gasteiger partial charge in [0, 0.05) is 12.8 Å². The zero-order chi connectivity index (χ0) is 52.3. The highest BCUT2D eigenvalue weighted by molar-refractivity contribution is 6.75. The fourth-order valence-electron chi connectivity index (χ4n) is 4.11. The van der Waals surface area contributed by atoms with Crippen molar-refractivity contribution in [2.24, 2.45) is 5.40 Å². The molecule has 1 nitrogen and oxygen atoms in total. The summed E-state index contributed by atoms with van der Waals surface area (Å²) >= 11 is 0. The summed E-state index contributed by atoms with van der Waals surface area (Å²) in [5.41, 5.74) is 0. The van der Waals surface area contributed by atoms with Crippen LogP contribution in [0.3, 0.4) is 0 Å². The lowest BCUT2D eigenvalue weighted by Crippen LogP contribution is -2.75. The van der Waals surface area contributed by atoms with Gasteiger partial charge in [-0.1, -0.05) is 6.55 Å². The lowest BCUT2D eigenvalue weighted by Gasteiger charge is -2.44. The summed E-state index contributed by atoms with van der Waals surface area (Å²) < 4.78 is 511. The van der Waals surface area contributed by atoms with Crippen molar-refractivity contribution >= 4 is 8.24 Å². The molecule has 380 valence electrons. The van der Waals surface area contributed by atoms with Crippen LogP contribution in [-0.2, 0) is 0 Å². The first-order valence-electron chi connectivity index (χ1n) is 14.4. The largest absolute Gasteiger partial charge is 0.460 e. The van der Waals surface area contributed by atoms with Crippen molar-refractivity contribution in [1.82, 2.24) is 0 Å². The number of hydrogen-bond donors (Lipinski definition) is 1. The van der Waals surface area contributed by atoms with Crippen molar-refractivity contribution in [1.29, 1.82) is 0 Å². The predicted molar refractivity (Wildman–Crippen MR) is 126 cm³/mol. The van der Waals surface area contributed by atoms with E-state index in [1.165, 1.54) is 0 Å². The van der Waals surface area contributed by atoms with Crippen molar-refractivity contribution in [2.75, 3.05) is 0 Å². The van der Waals surface area contributed by atoms with E-state index in [4.69, 9.17) is 5.40 Å². The van der Waals surface area contributed by atoms with Crippen molar-refractivity contribution in [3.05, 3.63) is 0 Å². The van der Waals surface area contributed by atoms with Crippen molar-refractivity contribution in [2.45, 2.75) is 139 Å². The van der Waals surface area contributed by atoms with Gasteiger partial charge in [0.25, 0.3) is 0 Å². The van der Waals surface area contributed by atoms with E-state index in [1.54, 1.807) is 0 Å². The molecule has 0 bridgehead atoms. The molecule has 0 spiro atoms. The van der Waals surface area contributed by atoms with Crippen molar-refractivity contribution in [3.63, 3.8) is 0 Å². The maximum absolute atomic E-state index is 14.2. The van der Waals surface area contributed by atoms with Crippen LogP contribution in [0.15, 0.2) is 0 Å². The quantitative estimate of drug-likeness (QED) is 0.0954. The van der Waals surface area contributed by atoms with E-state index in [1.807, 2.05) is 0 Å². The number of halogens is 38. The smallest absolute Gasteiger partial charge is 0.351 e. The molecule has 0 radical (unpaired) electrons. The minimum absolute atomic E-state index is 0.260. The van der Waals surface area contributed by atoms with Gasteiger partial charge in [-0.3, -0.25) is 0 Å². The third-order valence-electron chi connectivity index (χ3n) is 8.38. The molecule has 2 N–H and O–H groups in total. The minimum Gasteiger partial charge on any atom is -0.351 e. The Hall–Kier alpha value is -2.48. The average Bonchev–Trinajstić information content (AvgIpc) is 3.04. The Balaban J connectivity index is 6.84. The van der Waals surface area contributed by atoms with Crippen LogP contribution in [0.4, 0.5) is 167 Å². The van der Waals surface area contributed by atoms with Gasteiger partial charge < -0.3 is 5.40 Å². The van der Waals surface area contributed by atoms with Gasteiger partial charge in [0.05, 0.1) is 0 Å². The summed E-state index contributed by atoms with van der Waals surface area (Å²) in [6.45, 7) is -0.260. The third kappa shape index (κ3) is 8.14.